The molecule has 0 saturated heterocycles. The van der Waals surface area contributed by atoms with Crippen LogP contribution >= 0.6 is 12.6 Å². The molecule has 0 aliphatic carbocycles. The van der Waals surface area contributed by atoms with Gasteiger partial charge < -0.3 is 10.2 Å². The number of unbranched alkanes of at least 4 members (excludes halogenated alkanes) is 7. The smallest absolute Gasteiger partial charge is 0.317 e. The lowest BCUT2D eigenvalue weighted by Gasteiger charge is -2.06. The van der Waals surface area contributed by atoms with Crippen molar-refractivity contribution >= 4 is 24.6 Å². The van der Waals surface area contributed by atoms with Crippen molar-refractivity contribution in [2.24, 2.45) is 5.92 Å². The molecule has 2 N–H and O–H groups in total. The predicted octanol–water partition coefficient (Wildman–Crippen LogP) is 3.21. The van der Waals surface area contributed by atoms with Gasteiger partial charge in [-0.1, -0.05) is 44.9 Å². The van der Waals surface area contributed by atoms with Crippen LogP contribution < -0.4 is 0 Å². The summed E-state index contributed by atoms with van der Waals surface area (Å²) in [5, 5.41) is 17.4. The van der Waals surface area contributed by atoms with E-state index in [2.05, 4.69) is 12.6 Å². The van der Waals surface area contributed by atoms with E-state index in [0.29, 0.717) is 6.42 Å². The molecule has 5 heteroatoms. The number of aliphatic carboxylic acids is 2. The maximum absolute atomic E-state index is 10.6. The molecule has 0 radical (unpaired) electrons. The molecule has 0 aromatic carbocycles. The Morgan fingerprint density at radius 2 is 1.17 bits per heavy atom. The average molecular weight is 276 g/mol. The summed E-state index contributed by atoms with van der Waals surface area (Å²) in [5.74, 6) is -2.74. The van der Waals surface area contributed by atoms with Crippen molar-refractivity contribution < 1.29 is 19.8 Å². The Balaban J connectivity index is 3.39. The van der Waals surface area contributed by atoms with Gasteiger partial charge >= 0.3 is 11.9 Å². The number of thiol groups is 1. The predicted molar refractivity (Wildman–Crippen MR) is 74.2 cm³/mol. The zero-order chi connectivity index (χ0) is 13.8. The third kappa shape index (κ3) is 9.33. The Morgan fingerprint density at radius 3 is 1.56 bits per heavy atom. The van der Waals surface area contributed by atoms with Gasteiger partial charge in [0.05, 0.1) is 0 Å². The molecule has 0 amide bonds. The Morgan fingerprint density at radius 1 is 0.778 bits per heavy atom. The summed E-state index contributed by atoms with van der Waals surface area (Å²) in [4.78, 5) is 21.2. The van der Waals surface area contributed by atoms with Crippen LogP contribution in [-0.2, 0) is 9.59 Å². The summed E-state index contributed by atoms with van der Waals surface area (Å²) in [6.07, 6.45) is 8.88. The second-order valence-corrected chi connectivity index (χ2v) is 5.02. The van der Waals surface area contributed by atoms with Crippen molar-refractivity contribution in [3.63, 3.8) is 0 Å². The minimum atomic E-state index is -1.24. The molecule has 0 aliphatic heterocycles. The second-order valence-electron chi connectivity index (χ2n) is 4.57. The van der Waals surface area contributed by atoms with Crippen LogP contribution in [0.2, 0.25) is 0 Å². The monoisotopic (exact) mass is 276 g/mol. The molecule has 0 atom stereocenters. The van der Waals surface area contributed by atoms with Gasteiger partial charge in [0, 0.05) is 0 Å². The number of carboxylic acids is 2. The fraction of sp³-hybridized carbons (Fsp3) is 0.846. The van der Waals surface area contributed by atoms with E-state index < -0.39 is 17.9 Å². The van der Waals surface area contributed by atoms with Crippen LogP contribution in [-0.4, -0.2) is 27.9 Å². The zero-order valence-electron chi connectivity index (χ0n) is 10.8. The fourth-order valence-corrected chi connectivity index (χ4v) is 2.10. The number of rotatable bonds is 12. The van der Waals surface area contributed by atoms with E-state index in [1.807, 2.05) is 0 Å². The third-order valence-electron chi connectivity index (χ3n) is 3.00. The summed E-state index contributed by atoms with van der Waals surface area (Å²) < 4.78 is 0. The summed E-state index contributed by atoms with van der Waals surface area (Å²) >= 11 is 4.15. The van der Waals surface area contributed by atoms with E-state index in [-0.39, 0.29) is 6.42 Å². The minimum absolute atomic E-state index is 0.240. The highest BCUT2D eigenvalue weighted by molar-refractivity contribution is 7.80. The molecule has 0 aromatic rings. The van der Waals surface area contributed by atoms with Gasteiger partial charge in [-0.3, -0.25) is 9.59 Å². The van der Waals surface area contributed by atoms with Gasteiger partial charge in [-0.2, -0.15) is 12.6 Å². The first kappa shape index (κ1) is 17.3. The van der Waals surface area contributed by atoms with Crippen molar-refractivity contribution in [1.82, 2.24) is 0 Å². The van der Waals surface area contributed by atoms with E-state index in [4.69, 9.17) is 10.2 Å². The Hall–Kier alpha value is -0.710. The van der Waals surface area contributed by atoms with Gasteiger partial charge in [0.1, 0.15) is 0 Å². The molecule has 18 heavy (non-hydrogen) atoms. The molecule has 0 fully saturated rings. The highest BCUT2D eigenvalue weighted by atomic mass is 32.1. The lowest BCUT2D eigenvalue weighted by molar-refractivity contribution is -0.154. The molecule has 0 bridgehead atoms. The topological polar surface area (TPSA) is 74.6 Å². The van der Waals surface area contributed by atoms with Gasteiger partial charge in [-0.05, 0) is 18.6 Å². The first-order valence-electron chi connectivity index (χ1n) is 6.66. The Bertz CT molecular complexity index is 229. The van der Waals surface area contributed by atoms with E-state index in [9.17, 15) is 9.59 Å². The summed E-state index contributed by atoms with van der Waals surface area (Å²) in [6, 6.07) is 0. The number of carboxylic acid groups (broad SMARTS) is 2. The summed E-state index contributed by atoms with van der Waals surface area (Å²) in [7, 11) is 0. The molecule has 0 aliphatic rings. The lowest BCUT2D eigenvalue weighted by atomic mass is 10.0. The average Bonchev–Trinajstić information content (AvgIpc) is 2.30. The molecule has 0 unspecified atom stereocenters. The van der Waals surface area contributed by atoms with Crippen LogP contribution in [0.1, 0.15) is 57.8 Å². The summed E-state index contributed by atoms with van der Waals surface area (Å²) in [5.41, 5.74) is 0. The van der Waals surface area contributed by atoms with E-state index in [1.165, 1.54) is 25.7 Å². The largest absolute Gasteiger partial charge is 0.481 e. The Labute approximate surface area is 114 Å². The molecule has 0 rings (SSSR count). The quantitative estimate of drug-likeness (QED) is 0.291. The number of carbonyl (C=O) groups is 2. The molecular formula is C13H24O4S. The zero-order valence-corrected chi connectivity index (χ0v) is 11.7. The Kier molecular flexibility index (Phi) is 10.9. The molecule has 0 spiro atoms. The van der Waals surface area contributed by atoms with Gasteiger partial charge in [0.25, 0.3) is 0 Å². The fourth-order valence-electron chi connectivity index (χ4n) is 1.87. The van der Waals surface area contributed by atoms with Crippen LogP contribution in [0.5, 0.6) is 0 Å². The van der Waals surface area contributed by atoms with E-state index in [1.54, 1.807) is 0 Å². The number of hydrogen-bond donors (Lipinski definition) is 3. The maximum atomic E-state index is 10.6. The molecule has 0 aromatic heterocycles. The SMILES string of the molecule is O=C(O)C(CCCCCCCCCCS)C(=O)O. The first-order valence-corrected chi connectivity index (χ1v) is 7.29. The molecule has 0 heterocycles. The van der Waals surface area contributed by atoms with Crippen molar-refractivity contribution in [2.75, 3.05) is 5.75 Å². The van der Waals surface area contributed by atoms with Crippen molar-refractivity contribution in [1.29, 1.82) is 0 Å². The van der Waals surface area contributed by atoms with E-state index in [0.717, 1.165) is 25.0 Å². The van der Waals surface area contributed by atoms with Crippen LogP contribution in [0.4, 0.5) is 0 Å². The highest BCUT2D eigenvalue weighted by Crippen LogP contribution is 2.14. The van der Waals surface area contributed by atoms with Crippen LogP contribution in [0.3, 0.4) is 0 Å². The van der Waals surface area contributed by atoms with Gasteiger partial charge in [-0.15, -0.1) is 0 Å². The normalized spacial score (nSPS) is 10.8. The van der Waals surface area contributed by atoms with Crippen LogP contribution in [0.25, 0.3) is 0 Å². The van der Waals surface area contributed by atoms with Gasteiger partial charge in [0.2, 0.25) is 0 Å². The van der Waals surface area contributed by atoms with Crippen LogP contribution in [0.15, 0.2) is 0 Å². The van der Waals surface area contributed by atoms with Gasteiger partial charge in [0.15, 0.2) is 5.92 Å². The number of hydrogen-bond acceptors (Lipinski definition) is 3. The molecule has 0 saturated carbocycles. The van der Waals surface area contributed by atoms with Gasteiger partial charge in [-0.25, -0.2) is 0 Å². The third-order valence-corrected chi connectivity index (χ3v) is 3.31. The first-order chi connectivity index (χ1) is 8.59. The van der Waals surface area contributed by atoms with Crippen molar-refractivity contribution in [2.45, 2.75) is 57.8 Å². The summed E-state index contributed by atoms with van der Waals surface area (Å²) in [6.45, 7) is 0. The molecular weight excluding hydrogens is 252 g/mol. The van der Waals surface area contributed by atoms with Crippen molar-refractivity contribution in [3.05, 3.63) is 0 Å². The minimum Gasteiger partial charge on any atom is -0.481 e. The second kappa shape index (κ2) is 11.4. The van der Waals surface area contributed by atoms with E-state index >= 15 is 0 Å². The highest BCUT2D eigenvalue weighted by Gasteiger charge is 2.24. The molecule has 4 nitrogen and oxygen atoms in total. The van der Waals surface area contributed by atoms with Crippen LogP contribution in [0, 0.1) is 5.92 Å². The lowest BCUT2D eigenvalue weighted by Crippen LogP contribution is -2.23. The van der Waals surface area contributed by atoms with Crippen molar-refractivity contribution in [3.8, 4) is 0 Å². The molecule has 106 valence electrons. The maximum Gasteiger partial charge on any atom is 0.317 e. The standard InChI is InChI=1S/C13H24O4S/c14-12(15)11(13(16)17)9-7-5-3-1-2-4-6-8-10-18/h11,18H,1-10H2,(H,14,15)(H,16,17).